The van der Waals surface area contributed by atoms with Crippen molar-refractivity contribution < 1.29 is 0 Å². The molecule has 1 N–H and O–H groups in total. The maximum atomic E-state index is 5.24. The van der Waals surface area contributed by atoms with Crippen LogP contribution in [0.1, 0.15) is 27.2 Å². The Balaban J connectivity index is 2.20. The molecule has 0 amide bonds. The third kappa shape index (κ3) is 2.34. The Hall–Kier alpha value is -0.310. The second-order valence-corrected chi connectivity index (χ2v) is 4.30. The van der Waals surface area contributed by atoms with Gasteiger partial charge in [0.2, 0.25) is 0 Å². The van der Waals surface area contributed by atoms with E-state index in [0.717, 1.165) is 18.2 Å². The van der Waals surface area contributed by atoms with E-state index in [2.05, 4.69) is 31.0 Å². The topological polar surface area (TPSA) is 15.3 Å². The maximum Gasteiger partial charge on any atom is 0.169 e. The highest BCUT2D eigenvalue weighted by atomic mass is 32.1. The first kappa shape index (κ1) is 9.78. The van der Waals surface area contributed by atoms with E-state index in [1.807, 2.05) is 0 Å². The lowest BCUT2D eigenvalue weighted by Crippen LogP contribution is -2.53. The minimum absolute atomic E-state index is 0.650. The van der Waals surface area contributed by atoms with Crippen molar-refractivity contribution in [2.24, 2.45) is 5.92 Å². The van der Waals surface area contributed by atoms with E-state index >= 15 is 0 Å². The summed E-state index contributed by atoms with van der Waals surface area (Å²) in [6, 6.07) is 0.650. The van der Waals surface area contributed by atoms with Crippen molar-refractivity contribution in [1.29, 1.82) is 0 Å². The van der Waals surface area contributed by atoms with E-state index in [4.69, 9.17) is 12.2 Å². The van der Waals surface area contributed by atoms with Gasteiger partial charge in [-0.15, -0.1) is 0 Å². The zero-order chi connectivity index (χ0) is 9.14. The fourth-order valence-electron chi connectivity index (χ4n) is 1.21. The van der Waals surface area contributed by atoms with Gasteiger partial charge in [0.15, 0.2) is 5.11 Å². The van der Waals surface area contributed by atoms with Crippen molar-refractivity contribution in [3.63, 3.8) is 0 Å². The van der Waals surface area contributed by atoms with Gasteiger partial charge >= 0.3 is 0 Å². The molecular weight excluding hydrogens is 168 g/mol. The summed E-state index contributed by atoms with van der Waals surface area (Å²) < 4.78 is 0. The highest BCUT2D eigenvalue weighted by molar-refractivity contribution is 7.80. The van der Waals surface area contributed by atoms with E-state index in [0.29, 0.717) is 12.0 Å². The molecule has 0 aromatic carbocycles. The molecule has 3 heteroatoms. The van der Waals surface area contributed by atoms with Crippen molar-refractivity contribution in [3.05, 3.63) is 0 Å². The van der Waals surface area contributed by atoms with Crippen LogP contribution < -0.4 is 5.32 Å². The molecule has 1 unspecified atom stereocenters. The van der Waals surface area contributed by atoms with Crippen LogP contribution in [0.2, 0.25) is 0 Å². The van der Waals surface area contributed by atoms with Gasteiger partial charge in [-0.3, -0.25) is 0 Å². The predicted molar refractivity (Wildman–Crippen MR) is 56.2 cm³/mol. The molecule has 1 aliphatic heterocycles. The molecule has 0 aliphatic carbocycles. The van der Waals surface area contributed by atoms with Gasteiger partial charge < -0.3 is 10.2 Å². The van der Waals surface area contributed by atoms with Crippen LogP contribution in [0.15, 0.2) is 0 Å². The smallest absolute Gasteiger partial charge is 0.169 e. The quantitative estimate of drug-likeness (QED) is 0.660. The van der Waals surface area contributed by atoms with Crippen molar-refractivity contribution >= 4 is 17.3 Å². The van der Waals surface area contributed by atoms with E-state index in [-0.39, 0.29) is 0 Å². The Morgan fingerprint density at radius 3 is 2.67 bits per heavy atom. The molecule has 70 valence electrons. The molecule has 0 radical (unpaired) electrons. The van der Waals surface area contributed by atoms with Crippen molar-refractivity contribution in [2.45, 2.75) is 33.2 Å². The maximum absolute atomic E-state index is 5.24. The molecule has 1 aliphatic rings. The molecule has 1 atom stereocenters. The van der Waals surface area contributed by atoms with E-state index in [9.17, 15) is 0 Å². The lowest BCUT2D eigenvalue weighted by atomic mass is 10.1. The molecule has 2 nitrogen and oxygen atoms in total. The number of hydrogen-bond acceptors (Lipinski definition) is 1. The van der Waals surface area contributed by atoms with E-state index in [1.165, 1.54) is 6.42 Å². The van der Waals surface area contributed by atoms with Crippen LogP contribution in [-0.2, 0) is 0 Å². The van der Waals surface area contributed by atoms with Crippen LogP contribution >= 0.6 is 12.2 Å². The Labute approximate surface area is 80.3 Å². The molecule has 0 aromatic rings. The number of hydrogen-bond donors (Lipinski definition) is 1. The largest absolute Gasteiger partial charge is 0.362 e. The fraction of sp³-hybridized carbons (Fsp3) is 0.889. The normalized spacial score (nSPS) is 22.3. The minimum Gasteiger partial charge on any atom is -0.362 e. The average molecular weight is 186 g/mol. The van der Waals surface area contributed by atoms with Gasteiger partial charge in [0.05, 0.1) is 0 Å². The Morgan fingerprint density at radius 2 is 2.33 bits per heavy atom. The molecule has 0 saturated carbocycles. The van der Waals surface area contributed by atoms with Crippen LogP contribution in [0, 0.1) is 5.92 Å². The summed E-state index contributed by atoms with van der Waals surface area (Å²) in [6.07, 6.45) is 1.28. The summed E-state index contributed by atoms with van der Waals surface area (Å²) in [6.45, 7) is 8.71. The zero-order valence-corrected chi connectivity index (χ0v) is 8.95. The molecule has 0 aromatic heterocycles. The van der Waals surface area contributed by atoms with Gasteiger partial charge in [-0.1, -0.05) is 13.8 Å². The first-order chi connectivity index (χ1) is 5.61. The second kappa shape index (κ2) is 4.08. The third-order valence-electron chi connectivity index (χ3n) is 2.24. The summed E-state index contributed by atoms with van der Waals surface area (Å²) in [5.74, 6) is 0.666. The fourth-order valence-corrected chi connectivity index (χ4v) is 1.57. The Kier molecular flexibility index (Phi) is 3.32. The highest BCUT2D eigenvalue weighted by Gasteiger charge is 2.25. The first-order valence-corrected chi connectivity index (χ1v) is 5.06. The number of nitrogens with zero attached hydrogens (tertiary/aromatic N) is 1. The SMILES string of the molecule is CC(C)CNC(=S)N1CCC1C. The lowest BCUT2D eigenvalue weighted by Gasteiger charge is -2.40. The van der Waals surface area contributed by atoms with Crippen LogP contribution in [0.5, 0.6) is 0 Å². The predicted octanol–water partition coefficient (Wildman–Crippen LogP) is 1.61. The number of likely N-dealkylation sites (tertiary alicyclic amines) is 1. The Bertz CT molecular complexity index is 168. The molecule has 1 saturated heterocycles. The summed E-state index contributed by atoms with van der Waals surface area (Å²) in [4.78, 5) is 2.25. The highest BCUT2D eigenvalue weighted by Crippen LogP contribution is 2.15. The summed E-state index contributed by atoms with van der Waals surface area (Å²) in [7, 11) is 0. The minimum atomic E-state index is 0.650. The number of thiocarbonyl (C=S) groups is 1. The monoisotopic (exact) mass is 186 g/mol. The van der Waals surface area contributed by atoms with Crippen LogP contribution in [-0.4, -0.2) is 29.1 Å². The van der Waals surface area contributed by atoms with Crippen LogP contribution in [0.3, 0.4) is 0 Å². The summed E-state index contributed by atoms with van der Waals surface area (Å²) in [5.41, 5.74) is 0. The van der Waals surface area contributed by atoms with Gasteiger partial charge in [0, 0.05) is 19.1 Å². The average Bonchev–Trinajstić information content (AvgIpc) is 1.98. The van der Waals surface area contributed by atoms with Gasteiger partial charge in [-0.2, -0.15) is 0 Å². The van der Waals surface area contributed by atoms with Crippen LogP contribution in [0.25, 0.3) is 0 Å². The van der Waals surface area contributed by atoms with Crippen LogP contribution in [0.4, 0.5) is 0 Å². The zero-order valence-electron chi connectivity index (χ0n) is 8.13. The molecular formula is C9H18N2S. The van der Waals surface area contributed by atoms with Gasteiger partial charge in [0.25, 0.3) is 0 Å². The summed E-state index contributed by atoms with van der Waals surface area (Å²) in [5, 5.41) is 4.20. The molecule has 0 spiro atoms. The third-order valence-corrected chi connectivity index (χ3v) is 2.62. The Morgan fingerprint density at radius 1 is 1.67 bits per heavy atom. The number of nitrogens with one attached hydrogen (secondary N) is 1. The second-order valence-electron chi connectivity index (χ2n) is 3.91. The van der Waals surface area contributed by atoms with Crippen molar-refractivity contribution in [1.82, 2.24) is 10.2 Å². The molecule has 1 fully saturated rings. The van der Waals surface area contributed by atoms with Gasteiger partial charge in [0.1, 0.15) is 0 Å². The molecule has 1 rings (SSSR count). The first-order valence-electron chi connectivity index (χ1n) is 4.65. The van der Waals surface area contributed by atoms with E-state index < -0.39 is 0 Å². The van der Waals surface area contributed by atoms with E-state index in [1.54, 1.807) is 0 Å². The van der Waals surface area contributed by atoms with Crippen molar-refractivity contribution in [2.75, 3.05) is 13.1 Å². The van der Waals surface area contributed by atoms with Gasteiger partial charge in [-0.05, 0) is 31.5 Å². The number of rotatable bonds is 2. The lowest BCUT2D eigenvalue weighted by molar-refractivity contribution is 0.200. The molecule has 0 bridgehead atoms. The summed E-state index contributed by atoms with van der Waals surface area (Å²) >= 11 is 5.24. The molecule has 12 heavy (non-hydrogen) atoms. The van der Waals surface area contributed by atoms with Gasteiger partial charge in [-0.25, -0.2) is 0 Å². The standard InChI is InChI=1S/C9H18N2S/c1-7(2)6-10-9(12)11-5-4-8(11)3/h7-8H,4-6H2,1-3H3,(H,10,12). The molecule has 1 heterocycles. The van der Waals surface area contributed by atoms with Crippen molar-refractivity contribution in [3.8, 4) is 0 Å².